The van der Waals surface area contributed by atoms with Crippen LogP contribution in [0, 0.1) is 0 Å². The highest BCUT2D eigenvalue weighted by atomic mass is 79.9. The summed E-state index contributed by atoms with van der Waals surface area (Å²) in [5.74, 6) is 0. The molecule has 100 valence electrons. The second kappa shape index (κ2) is 5.29. The molecule has 18 heavy (non-hydrogen) atoms. The molecule has 3 atom stereocenters. The summed E-state index contributed by atoms with van der Waals surface area (Å²) in [6, 6.07) is 6.13. The number of aliphatic hydroxyl groups is 1. The fourth-order valence-corrected chi connectivity index (χ4v) is 3.10. The molecule has 0 fully saturated rings. The second-order valence-corrected chi connectivity index (χ2v) is 5.88. The smallest absolute Gasteiger partial charge is 0.106 e. The highest BCUT2D eigenvalue weighted by Crippen LogP contribution is 2.43. The van der Waals surface area contributed by atoms with Crippen LogP contribution in [0.5, 0.6) is 0 Å². The third-order valence-electron chi connectivity index (χ3n) is 3.81. The van der Waals surface area contributed by atoms with Crippen LogP contribution in [0.4, 0.5) is 0 Å². The Kier molecular flexibility index (Phi) is 4.11. The lowest BCUT2D eigenvalue weighted by atomic mass is 9.95. The van der Waals surface area contributed by atoms with Crippen LogP contribution in [0.3, 0.4) is 0 Å². The first-order chi connectivity index (χ1) is 8.50. The number of rotatable bonds is 4. The molecule has 2 rings (SSSR count). The first-order valence-electron chi connectivity index (χ1n) is 6.34. The quantitative estimate of drug-likeness (QED) is 0.897. The maximum Gasteiger partial charge on any atom is 0.106 e. The lowest BCUT2D eigenvalue weighted by molar-refractivity contribution is -0.123. The van der Waals surface area contributed by atoms with Crippen molar-refractivity contribution in [2.24, 2.45) is 5.73 Å². The molecule has 4 heteroatoms. The van der Waals surface area contributed by atoms with Gasteiger partial charge in [-0.25, -0.2) is 0 Å². The predicted molar refractivity (Wildman–Crippen MR) is 75.4 cm³/mol. The fourth-order valence-electron chi connectivity index (χ4n) is 2.54. The van der Waals surface area contributed by atoms with Crippen LogP contribution in [-0.4, -0.2) is 23.9 Å². The van der Waals surface area contributed by atoms with Crippen molar-refractivity contribution < 1.29 is 9.84 Å². The van der Waals surface area contributed by atoms with Crippen LogP contribution < -0.4 is 5.73 Å². The van der Waals surface area contributed by atoms with Crippen LogP contribution in [0.15, 0.2) is 22.7 Å². The van der Waals surface area contributed by atoms with Crippen LogP contribution in [0.25, 0.3) is 0 Å². The average Bonchev–Trinajstić information content (AvgIpc) is 2.70. The van der Waals surface area contributed by atoms with Crippen LogP contribution >= 0.6 is 15.9 Å². The van der Waals surface area contributed by atoms with Crippen molar-refractivity contribution in [1.29, 1.82) is 0 Å². The van der Waals surface area contributed by atoms with Crippen molar-refractivity contribution in [2.45, 2.75) is 44.5 Å². The first-order valence-corrected chi connectivity index (χ1v) is 7.13. The van der Waals surface area contributed by atoms with Crippen molar-refractivity contribution >= 4 is 15.9 Å². The number of hydrogen-bond acceptors (Lipinski definition) is 3. The van der Waals surface area contributed by atoms with E-state index in [1.807, 2.05) is 19.1 Å². The van der Waals surface area contributed by atoms with E-state index in [2.05, 4.69) is 22.0 Å². The summed E-state index contributed by atoms with van der Waals surface area (Å²) in [6.07, 6.45) is 1.11. The molecule has 3 unspecified atom stereocenters. The molecule has 0 aromatic heterocycles. The Labute approximate surface area is 116 Å². The van der Waals surface area contributed by atoms with Gasteiger partial charge in [-0.1, -0.05) is 28.1 Å². The number of fused-ring (bicyclic) bond motifs is 1. The van der Waals surface area contributed by atoms with Crippen molar-refractivity contribution in [1.82, 2.24) is 0 Å². The largest absolute Gasteiger partial charge is 0.391 e. The molecular formula is C14H20BrNO2. The minimum atomic E-state index is -0.496. The molecule has 0 amide bonds. The van der Waals surface area contributed by atoms with E-state index in [9.17, 15) is 5.11 Å². The van der Waals surface area contributed by atoms with Crippen LogP contribution in [-0.2, 0) is 16.8 Å². The molecule has 1 aromatic carbocycles. The molecule has 1 aromatic rings. The molecule has 0 spiro atoms. The Morgan fingerprint density at radius 1 is 1.50 bits per heavy atom. The number of hydrogen-bond donors (Lipinski definition) is 2. The van der Waals surface area contributed by atoms with Gasteiger partial charge in [-0.05, 0) is 43.9 Å². The Bertz CT molecular complexity index is 436. The van der Waals surface area contributed by atoms with Gasteiger partial charge in [-0.2, -0.15) is 0 Å². The van der Waals surface area contributed by atoms with Gasteiger partial charge in [0.15, 0.2) is 0 Å². The van der Waals surface area contributed by atoms with Crippen molar-refractivity contribution in [3.8, 4) is 0 Å². The van der Waals surface area contributed by atoms with Crippen molar-refractivity contribution in [3.05, 3.63) is 33.8 Å². The SMILES string of the molecule is CC(O)C(C)OC1(CN)CCc2c(Br)cccc21. The van der Waals surface area contributed by atoms with E-state index in [0.29, 0.717) is 6.54 Å². The Morgan fingerprint density at radius 3 is 2.83 bits per heavy atom. The molecule has 0 saturated carbocycles. The first kappa shape index (κ1) is 14.0. The second-order valence-electron chi connectivity index (χ2n) is 5.03. The van der Waals surface area contributed by atoms with Gasteiger partial charge in [-0.15, -0.1) is 0 Å². The summed E-state index contributed by atoms with van der Waals surface area (Å²) in [7, 11) is 0. The molecule has 0 saturated heterocycles. The lowest BCUT2D eigenvalue weighted by Gasteiger charge is -2.33. The molecule has 1 aliphatic carbocycles. The maximum absolute atomic E-state index is 9.62. The Morgan fingerprint density at radius 2 is 2.22 bits per heavy atom. The van der Waals surface area contributed by atoms with Gasteiger partial charge >= 0.3 is 0 Å². The minimum Gasteiger partial charge on any atom is -0.391 e. The van der Waals surface area contributed by atoms with Crippen molar-refractivity contribution in [3.63, 3.8) is 0 Å². The summed E-state index contributed by atoms with van der Waals surface area (Å²) < 4.78 is 7.21. The summed E-state index contributed by atoms with van der Waals surface area (Å²) in [5.41, 5.74) is 7.95. The van der Waals surface area contributed by atoms with Gasteiger partial charge in [-0.3, -0.25) is 0 Å². The molecule has 1 aliphatic rings. The highest BCUT2D eigenvalue weighted by molar-refractivity contribution is 9.10. The number of nitrogens with two attached hydrogens (primary N) is 1. The zero-order valence-corrected chi connectivity index (χ0v) is 12.4. The van der Waals surface area contributed by atoms with E-state index in [1.54, 1.807) is 6.92 Å². The molecule has 0 bridgehead atoms. The van der Waals surface area contributed by atoms with E-state index < -0.39 is 11.7 Å². The van der Waals surface area contributed by atoms with Crippen molar-refractivity contribution in [2.75, 3.05) is 6.54 Å². The Hall–Kier alpha value is -0.420. The molecule has 0 radical (unpaired) electrons. The third-order valence-corrected chi connectivity index (χ3v) is 4.55. The summed E-state index contributed by atoms with van der Waals surface area (Å²) in [6.45, 7) is 4.07. The predicted octanol–water partition coefficient (Wildman–Crippen LogP) is 2.34. The highest BCUT2D eigenvalue weighted by Gasteiger charge is 2.41. The monoisotopic (exact) mass is 313 g/mol. The van der Waals surface area contributed by atoms with Crippen LogP contribution in [0.2, 0.25) is 0 Å². The van der Waals surface area contributed by atoms with Gasteiger partial charge in [0.25, 0.3) is 0 Å². The minimum absolute atomic E-state index is 0.224. The zero-order valence-electron chi connectivity index (χ0n) is 10.8. The summed E-state index contributed by atoms with van der Waals surface area (Å²) in [4.78, 5) is 0. The van der Waals surface area contributed by atoms with Gasteiger partial charge in [0.05, 0.1) is 12.2 Å². The van der Waals surface area contributed by atoms with Crippen LogP contribution in [0.1, 0.15) is 31.4 Å². The van der Waals surface area contributed by atoms with Gasteiger partial charge in [0.2, 0.25) is 0 Å². The third kappa shape index (κ3) is 2.35. The van der Waals surface area contributed by atoms with E-state index in [4.69, 9.17) is 10.5 Å². The summed E-state index contributed by atoms with van der Waals surface area (Å²) in [5, 5.41) is 9.62. The molecule has 0 heterocycles. The van der Waals surface area contributed by atoms with E-state index >= 15 is 0 Å². The molecular weight excluding hydrogens is 294 g/mol. The topological polar surface area (TPSA) is 55.5 Å². The Balaban J connectivity index is 2.35. The lowest BCUT2D eigenvalue weighted by Crippen LogP contribution is -2.41. The maximum atomic E-state index is 9.62. The normalized spacial score (nSPS) is 25.8. The molecule has 0 aliphatic heterocycles. The summed E-state index contributed by atoms with van der Waals surface area (Å²) >= 11 is 3.58. The van der Waals surface area contributed by atoms with E-state index in [0.717, 1.165) is 22.9 Å². The standard InChI is InChI=1S/C14H20BrNO2/c1-9(17)10(2)18-14(8-16)7-6-11-12(14)4-3-5-13(11)15/h3-5,9-10,17H,6-8,16H2,1-2H3. The van der Waals surface area contributed by atoms with E-state index in [1.165, 1.54) is 5.56 Å². The number of ether oxygens (including phenoxy) is 1. The number of benzene rings is 1. The zero-order chi connectivity index (χ0) is 13.3. The molecule has 3 N–H and O–H groups in total. The van der Waals surface area contributed by atoms with Gasteiger partial charge in [0.1, 0.15) is 5.60 Å². The van der Waals surface area contributed by atoms with E-state index in [-0.39, 0.29) is 6.10 Å². The average molecular weight is 314 g/mol. The van der Waals surface area contributed by atoms with Gasteiger partial charge < -0.3 is 15.6 Å². The fraction of sp³-hybridized carbons (Fsp3) is 0.571. The number of halogens is 1. The number of aliphatic hydroxyl groups excluding tert-OH is 1. The molecule has 3 nitrogen and oxygen atoms in total. The van der Waals surface area contributed by atoms with Gasteiger partial charge in [0, 0.05) is 11.0 Å².